The molecule has 1 aliphatic heterocycles. The molecule has 0 saturated heterocycles. The van der Waals surface area contributed by atoms with E-state index in [2.05, 4.69) is 10.6 Å². The highest BCUT2D eigenvalue weighted by Crippen LogP contribution is 2.30. The van der Waals surface area contributed by atoms with Crippen molar-refractivity contribution < 1.29 is 19.2 Å². The summed E-state index contributed by atoms with van der Waals surface area (Å²) in [6.07, 6.45) is 0.219. The average Bonchev–Trinajstić information content (AvgIpc) is 2.93. The topological polar surface area (TPSA) is 111 Å². The maximum atomic E-state index is 12.4. The second kappa shape index (κ2) is 5.99. The molecule has 24 heavy (non-hydrogen) atoms. The molecule has 2 N–H and O–H groups in total. The highest BCUT2D eigenvalue weighted by atomic mass is 16.6. The number of non-ortho nitro benzene ring substituents is 1. The van der Waals surface area contributed by atoms with Gasteiger partial charge >= 0.3 is 0 Å². The zero-order chi connectivity index (χ0) is 17.3. The number of methoxy groups -OCH3 is 1. The molecule has 1 aliphatic rings. The highest BCUT2D eigenvalue weighted by Gasteiger charge is 2.20. The number of nitro groups is 1. The van der Waals surface area contributed by atoms with Gasteiger partial charge in [-0.2, -0.15) is 0 Å². The van der Waals surface area contributed by atoms with E-state index in [-0.39, 0.29) is 23.7 Å². The summed E-state index contributed by atoms with van der Waals surface area (Å²) in [5.74, 6) is -0.259. The van der Waals surface area contributed by atoms with E-state index in [4.69, 9.17) is 4.74 Å². The van der Waals surface area contributed by atoms with Crippen molar-refractivity contribution in [2.45, 2.75) is 6.42 Å². The number of ether oxygens (including phenoxy) is 1. The maximum absolute atomic E-state index is 12.4. The van der Waals surface area contributed by atoms with Gasteiger partial charge in [0.1, 0.15) is 5.75 Å². The summed E-state index contributed by atoms with van der Waals surface area (Å²) in [6.45, 7) is 0. The number of hydrogen-bond acceptors (Lipinski definition) is 5. The van der Waals surface area contributed by atoms with Crippen LogP contribution in [0.1, 0.15) is 15.9 Å². The van der Waals surface area contributed by atoms with E-state index in [1.807, 2.05) is 0 Å². The first-order valence-corrected chi connectivity index (χ1v) is 7.04. The summed E-state index contributed by atoms with van der Waals surface area (Å²) in [5, 5.41) is 16.2. The van der Waals surface area contributed by atoms with Crippen LogP contribution in [0.15, 0.2) is 36.4 Å². The Morgan fingerprint density at radius 3 is 2.79 bits per heavy atom. The summed E-state index contributed by atoms with van der Waals surface area (Å²) in [6, 6.07) is 8.78. The number of nitro benzene ring substituents is 1. The largest absolute Gasteiger partial charge is 0.495 e. The van der Waals surface area contributed by atoms with Gasteiger partial charge in [-0.05, 0) is 29.8 Å². The second-order valence-corrected chi connectivity index (χ2v) is 5.19. The van der Waals surface area contributed by atoms with Crippen LogP contribution in [0.5, 0.6) is 5.75 Å². The molecule has 0 saturated carbocycles. The van der Waals surface area contributed by atoms with E-state index in [0.29, 0.717) is 17.0 Å². The minimum absolute atomic E-state index is 0.122. The van der Waals surface area contributed by atoms with Gasteiger partial charge in [-0.15, -0.1) is 0 Å². The van der Waals surface area contributed by atoms with E-state index in [0.717, 1.165) is 5.56 Å². The third-order valence-electron chi connectivity index (χ3n) is 3.63. The molecule has 3 rings (SSSR count). The third kappa shape index (κ3) is 2.89. The Bertz CT molecular complexity index is 863. The van der Waals surface area contributed by atoms with E-state index in [1.165, 1.54) is 25.3 Å². The lowest BCUT2D eigenvalue weighted by molar-refractivity contribution is -0.384. The lowest BCUT2D eigenvalue weighted by atomic mass is 10.1. The van der Waals surface area contributed by atoms with Crippen molar-refractivity contribution >= 4 is 28.9 Å². The normalized spacial score (nSPS) is 12.3. The number of anilines is 2. The number of amides is 2. The highest BCUT2D eigenvalue weighted by molar-refractivity contribution is 6.07. The van der Waals surface area contributed by atoms with E-state index < -0.39 is 10.8 Å². The van der Waals surface area contributed by atoms with Crippen molar-refractivity contribution in [3.05, 3.63) is 57.6 Å². The first-order valence-electron chi connectivity index (χ1n) is 7.04. The number of rotatable bonds is 4. The van der Waals surface area contributed by atoms with E-state index in [1.54, 1.807) is 18.2 Å². The molecule has 0 aliphatic carbocycles. The van der Waals surface area contributed by atoms with Crippen LogP contribution in [0.4, 0.5) is 17.1 Å². The van der Waals surface area contributed by atoms with Crippen LogP contribution >= 0.6 is 0 Å². The monoisotopic (exact) mass is 327 g/mol. The number of fused-ring (bicyclic) bond motifs is 1. The van der Waals surface area contributed by atoms with Gasteiger partial charge < -0.3 is 15.4 Å². The van der Waals surface area contributed by atoms with Crippen LogP contribution in [-0.2, 0) is 11.2 Å². The Morgan fingerprint density at radius 2 is 2.08 bits per heavy atom. The zero-order valence-electron chi connectivity index (χ0n) is 12.7. The van der Waals surface area contributed by atoms with E-state index >= 15 is 0 Å². The number of carbonyl (C=O) groups is 2. The molecule has 2 amide bonds. The van der Waals surface area contributed by atoms with Crippen molar-refractivity contribution in [2.75, 3.05) is 17.7 Å². The summed E-state index contributed by atoms with van der Waals surface area (Å²) < 4.78 is 5.11. The molecule has 0 fully saturated rings. The lowest BCUT2D eigenvalue weighted by Gasteiger charge is -2.10. The van der Waals surface area contributed by atoms with Crippen LogP contribution in [0.2, 0.25) is 0 Å². The van der Waals surface area contributed by atoms with Gasteiger partial charge in [0.25, 0.3) is 11.6 Å². The van der Waals surface area contributed by atoms with Crippen LogP contribution < -0.4 is 15.4 Å². The number of nitrogens with zero attached hydrogens (tertiary/aromatic N) is 1. The Balaban J connectivity index is 1.87. The summed E-state index contributed by atoms with van der Waals surface area (Å²) in [5.41, 5.74) is 1.81. The van der Waals surface area contributed by atoms with Crippen LogP contribution in [0, 0.1) is 10.1 Å². The van der Waals surface area contributed by atoms with Gasteiger partial charge in [0.05, 0.1) is 24.1 Å². The molecule has 122 valence electrons. The Labute approximate surface area is 136 Å². The minimum Gasteiger partial charge on any atom is -0.495 e. The van der Waals surface area contributed by atoms with Gasteiger partial charge in [0, 0.05) is 23.4 Å². The van der Waals surface area contributed by atoms with Crippen molar-refractivity contribution in [1.29, 1.82) is 0 Å². The molecule has 0 radical (unpaired) electrons. The lowest BCUT2D eigenvalue weighted by Crippen LogP contribution is -2.13. The molecule has 2 aromatic carbocycles. The fraction of sp³-hybridized carbons (Fsp3) is 0.125. The number of carbonyl (C=O) groups excluding carboxylic acids is 2. The molecule has 8 heteroatoms. The predicted octanol–water partition coefficient (Wildman–Crippen LogP) is 2.35. The standard InChI is InChI=1S/C16H13N3O5/c1-24-14-5-3-11(19(22)23)8-13(14)18-16(21)9-2-4-12-10(6-9)7-15(20)17-12/h2-6,8H,7H2,1H3,(H,17,20)(H,18,21). The SMILES string of the molecule is COc1ccc([N+](=O)[O-])cc1NC(=O)c1ccc2c(c1)CC(=O)N2. The van der Waals surface area contributed by atoms with Crippen molar-refractivity contribution in [1.82, 2.24) is 0 Å². The molecule has 0 aromatic heterocycles. The zero-order valence-corrected chi connectivity index (χ0v) is 12.7. The van der Waals surface area contributed by atoms with Gasteiger partial charge in [-0.3, -0.25) is 19.7 Å². The fourth-order valence-corrected chi connectivity index (χ4v) is 2.47. The Kier molecular flexibility index (Phi) is 3.87. The van der Waals surface area contributed by atoms with Gasteiger partial charge in [0.2, 0.25) is 5.91 Å². The molecule has 0 atom stereocenters. The van der Waals surface area contributed by atoms with Gasteiger partial charge in [0.15, 0.2) is 0 Å². The first-order chi connectivity index (χ1) is 11.5. The average molecular weight is 327 g/mol. The van der Waals surface area contributed by atoms with E-state index in [9.17, 15) is 19.7 Å². The summed E-state index contributed by atoms with van der Waals surface area (Å²) in [7, 11) is 1.41. The quantitative estimate of drug-likeness (QED) is 0.661. The third-order valence-corrected chi connectivity index (χ3v) is 3.63. The smallest absolute Gasteiger partial charge is 0.271 e. The molecule has 1 heterocycles. The van der Waals surface area contributed by atoms with Crippen molar-refractivity contribution in [3.63, 3.8) is 0 Å². The van der Waals surface area contributed by atoms with Gasteiger partial charge in [-0.25, -0.2) is 0 Å². The van der Waals surface area contributed by atoms with Crippen molar-refractivity contribution in [3.8, 4) is 5.75 Å². The fourth-order valence-electron chi connectivity index (χ4n) is 2.47. The summed E-state index contributed by atoms with van der Waals surface area (Å²) >= 11 is 0. The van der Waals surface area contributed by atoms with Crippen LogP contribution in [0.25, 0.3) is 0 Å². The number of nitrogens with one attached hydrogen (secondary N) is 2. The molecule has 0 bridgehead atoms. The molecule has 8 nitrogen and oxygen atoms in total. The Hall–Kier alpha value is -3.42. The number of benzene rings is 2. The molecular formula is C16H13N3O5. The summed E-state index contributed by atoms with van der Waals surface area (Å²) in [4.78, 5) is 34.1. The van der Waals surface area contributed by atoms with Crippen molar-refractivity contribution in [2.24, 2.45) is 0 Å². The molecule has 0 spiro atoms. The number of hydrogen-bond donors (Lipinski definition) is 2. The Morgan fingerprint density at radius 1 is 1.29 bits per heavy atom. The first kappa shape index (κ1) is 15.5. The predicted molar refractivity (Wildman–Crippen MR) is 86.4 cm³/mol. The molecule has 0 unspecified atom stereocenters. The van der Waals surface area contributed by atoms with Crippen LogP contribution in [0.3, 0.4) is 0 Å². The molecule has 2 aromatic rings. The molecular weight excluding hydrogens is 314 g/mol. The van der Waals surface area contributed by atoms with Crippen LogP contribution in [-0.4, -0.2) is 23.8 Å². The maximum Gasteiger partial charge on any atom is 0.271 e. The van der Waals surface area contributed by atoms with Gasteiger partial charge in [-0.1, -0.05) is 0 Å². The second-order valence-electron chi connectivity index (χ2n) is 5.19. The minimum atomic E-state index is -0.554.